The average Bonchev–Trinajstić information content (AvgIpc) is 2.60. The van der Waals surface area contributed by atoms with Crippen LogP contribution in [0, 0.1) is 11.6 Å². The molecule has 0 spiro atoms. The molecular formula is C10H5ClF2OS. The van der Waals surface area contributed by atoms with Crippen molar-refractivity contribution in [2.45, 2.75) is 0 Å². The molecule has 0 N–H and O–H groups in total. The zero-order valence-corrected chi connectivity index (χ0v) is 8.91. The van der Waals surface area contributed by atoms with Gasteiger partial charge in [-0.3, -0.25) is 0 Å². The Balaban J connectivity index is 2.33. The Kier molecular flexibility index (Phi) is 2.88. The number of benzene rings is 1. The van der Waals surface area contributed by atoms with Crippen molar-refractivity contribution in [3.05, 3.63) is 45.6 Å². The van der Waals surface area contributed by atoms with E-state index in [0.29, 0.717) is 10.8 Å². The summed E-state index contributed by atoms with van der Waals surface area (Å²) in [4.78, 5) is 0. The number of hydrogen-bond donors (Lipinski definition) is 0. The van der Waals surface area contributed by atoms with Gasteiger partial charge < -0.3 is 4.74 Å². The summed E-state index contributed by atoms with van der Waals surface area (Å²) in [6.07, 6.45) is 0. The molecule has 0 radical (unpaired) electrons. The molecule has 0 aliphatic carbocycles. The minimum atomic E-state index is -1.01. The van der Waals surface area contributed by atoms with Gasteiger partial charge in [0.05, 0.1) is 5.02 Å². The van der Waals surface area contributed by atoms with Crippen LogP contribution in [0.1, 0.15) is 0 Å². The number of thiophene rings is 1. The van der Waals surface area contributed by atoms with E-state index in [0.717, 1.165) is 6.07 Å². The summed E-state index contributed by atoms with van der Waals surface area (Å²) in [6.45, 7) is 0. The predicted molar refractivity (Wildman–Crippen MR) is 55.8 cm³/mol. The lowest BCUT2D eigenvalue weighted by atomic mass is 10.3. The Bertz CT molecular complexity index is 484. The second-order valence-corrected chi connectivity index (χ2v) is 3.89. The van der Waals surface area contributed by atoms with Crippen LogP contribution in [0.4, 0.5) is 8.78 Å². The van der Waals surface area contributed by atoms with E-state index in [1.54, 1.807) is 10.8 Å². The Labute approximate surface area is 93.9 Å². The predicted octanol–water partition coefficient (Wildman–Crippen LogP) is 4.47. The van der Waals surface area contributed by atoms with E-state index in [1.807, 2.05) is 0 Å². The van der Waals surface area contributed by atoms with Crippen molar-refractivity contribution < 1.29 is 13.5 Å². The first-order valence-corrected chi connectivity index (χ1v) is 5.34. The van der Waals surface area contributed by atoms with Crippen molar-refractivity contribution in [3.63, 3.8) is 0 Å². The number of ether oxygens (including phenoxy) is 1. The summed E-state index contributed by atoms with van der Waals surface area (Å²) >= 11 is 7.07. The monoisotopic (exact) mass is 246 g/mol. The van der Waals surface area contributed by atoms with E-state index in [9.17, 15) is 8.78 Å². The first-order chi connectivity index (χ1) is 7.18. The fourth-order valence-electron chi connectivity index (χ4n) is 1.02. The van der Waals surface area contributed by atoms with Crippen LogP contribution in [0.5, 0.6) is 11.5 Å². The van der Waals surface area contributed by atoms with E-state index in [-0.39, 0.29) is 5.75 Å². The summed E-state index contributed by atoms with van der Waals surface area (Å²) in [7, 11) is 0. The molecule has 0 aliphatic heterocycles. The first kappa shape index (κ1) is 10.4. The molecule has 0 saturated heterocycles. The molecule has 1 heterocycles. The lowest BCUT2D eigenvalue weighted by molar-refractivity contribution is 0.417. The average molecular weight is 247 g/mol. The topological polar surface area (TPSA) is 9.23 Å². The van der Waals surface area contributed by atoms with Gasteiger partial charge in [-0.1, -0.05) is 17.7 Å². The second kappa shape index (κ2) is 4.16. The largest absolute Gasteiger partial charge is 0.452 e. The standard InChI is InChI=1S/C10H5ClF2OS/c11-6-4-15-5-9(6)14-8-3-1-2-7(12)10(8)13/h1-5H. The minimum absolute atomic E-state index is 0.171. The van der Waals surface area contributed by atoms with E-state index in [1.165, 1.54) is 23.5 Å². The van der Waals surface area contributed by atoms with E-state index in [2.05, 4.69) is 0 Å². The summed E-state index contributed by atoms with van der Waals surface area (Å²) in [6, 6.07) is 3.73. The molecule has 78 valence electrons. The molecule has 5 heteroatoms. The molecule has 2 aromatic rings. The Hall–Kier alpha value is -1.13. The van der Waals surface area contributed by atoms with E-state index < -0.39 is 11.6 Å². The summed E-state index contributed by atoms with van der Waals surface area (Å²) in [5.74, 6) is -1.81. The minimum Gasteiger partial charge on any atom is -0.452 e. The van der Waals surface area contributed by atoms with Gasteiger partial charge in [0, 0.05) is 10.8 Å². The van der Waals surface area contributed by atoms with Crippen molar-refractivity contribution in [1.82, 2.24) is 0 Å². The molecule has 0 fully saturated rings. The van der Waals surface area contributed by atoms with Gasteiger partial charge in [-0.15, -0.1) is 11.3 Å². The normalized spacial score (nSPS) is 10.3. The molecule has 0 amide bonds. The SMILES string of the molecule is Fc1cccc(Oc2cscc2Cl)c1F. The summed E-state index contributed by atoms with van der Waals surface area (Å²) < 4.78 is 31.1. The highest BCUT2D eigenvalue weighted by atomic mass is 35.5. The number of hydrogen-bond acceptors (Lipinski definition) is 2. The third-order valence-corrected chi connectivity index (χ3v) is 2.86. The Morgan fingerprint density at radius 1 is 1.13 bits per heavy atom. The van der Waals surface area contributed by atoms with Crippen molar-refractivity contribution in [1.29, 1.82) is 0 Å². The van der Waals surface area contributed by atoms with Crippen LogP contribution in [-0.2, 0) is 0 Å². The van der Waals surface area contributed by atoms with Crippen molar-refractivity contribution in [2.24, 2.45) is 0 Å². The first-order valence-electron chi connectivity index (χ1n) is 4.02. The molecule has 1 nitrogen and oxygen atoms in total. The van der Waals surface area contributed by atoms with Crippen LogP contribution in [0.25, 0.3) is 0 Å². The quantitative estimate of drug-likeness (QED) is 0.760. The lowest BCUT2D eigenvalue weighted by Gasteiger charge is -2.05. The van der Waals surface area contributed by atoms with Gasteiger partial charge in [-0.05, 0) is 12.1 Å². The molecule has 0 unspecified atom stereocenters. The van der Waals surface area contributed by atoms with Gasteiger partial charge in [-0.2, -0.15) is 4.39 Å². The van der Waals surface area contributed by atoms with Crippen LogP contribution in [0.2, 0.25) is 5.02 Å². The maximum Gasteiger partial charge on any atom is 0.201 e. The highest BCUT2D eigenvalue weighted by Crippen LogP contribution is 2.33. The maximum atomic E-state index is 13.2. The number of halogens is 3. The maximum absolute atomic E-state index is 13.2. The van der Waals surface area contributed by atoms with Crippen LogP contribution in [-0.4, -0.2) is 0 Å². The molecule has 0 saturated carbocycles. The van der Waals surface area contributed by atoms with Gasteiger partial charge >= 0.3 is 0 Å². The molecule has 2 rings (SSSR count). The van der Waals surface area contributed by atoms with Crippen molar-refractivity contribution in [3.8, 4) is 11.5 Å². The van der Waals surface area contributed by atoms with Crippen LogP contribution >= 0.6 is 22.9 Å². The van der Waals surface area contributed by atoms with Crippen molar-refractivity contribution in [2.75, 3.05) is 0 Å². The van der Waals surface area contributed by atoms with Gasteiger partial charge in [0.15, 0.2) is 17.3 Å². The Morgan fingerprint density at radius 2 is 1.93 bits per heavy atom. The second-order valence-electron chi connectivity index (χ2n) is 2.74. The Morgan fingerprint density at radius 3 is 2.60 bits per heavy atom. The summed E-state index contributed by atoms with van der Waals surface area (Å²) in [5.41, 5.74) is 0. The van der Waals surface area contributed by atoms with Gasteiger partial charge in [0.25, 0.3) is 0 Å². The van der Waals surface area contributed by atoms with Gasteiger partial charge in [0.2, 0.25) is 5.82 Å². The molecule has 0 bridgehead atoms. The molecule has 1 aromatic heterocycles. The molecular weight excluding hydrogens is 242 g/mol. The highest BCUT2D eigenvalue weighted by Gasteiger charge is 2.11. The smallest absolute Gasteiger partial charge is 0.201 e. The van der Waals surface area contributed by atoms with E-state index in [4.69, 9.17) is 16.3 Å². The van der Waals surface area contributed by atoms with Gasteiger partial charge in [0.1, 0.15) is 0 Å². The van der Waals surface area contributed by atoms with Crippen molar-refractivity contribution >= 4 is 22.9 Å². The number of rotatable bonds is 2. The molecule has 15 heavy (non-hydrogen) atoms. The molecule has 0 atom stereocenters. The zero-order chi connectivity index (χ0) is 10.8. The fourth-order valence-corrected chi connectivity index (χ4v) is 1.94. The fraction of sp³-hybridized carbons (Fsp3) is 0. The van der Waals surface area contributed by atoms with E-state index >= 15 is 0 Å². The third-order valence-electron chi connectivity index (χ3n) is 1.72. The molecule has 1 aromatic carbocycles. The zero-order valence-electron chi connectivity index (χ0n) is 7.34. The summed E-state index contributed by atoms with van der Waals surface area (Å²) in [5, 5.41) is 3.64. The lowest BCUT2D eigenvalue weighted by Crippen LogP contribution is -1.90. The third kappa shape index (κ3) is 2.11. The highest BCUT2D eigenvalue weighted by molar-refractivity contribution is 7.08. The van der Waals surface area contributed by atoms with Crippen LogP contribution in [0.15, 0.2) is 29.0 Å². The molecule has 0 aliphatic rings. The van der Waals surface area contributed by atoms with Crippen LogP contribution < -0.4 is 4.74 Å². The van der Waals surface area contributed by atoms with Gasteiger partial charge in [-0.25, -0.2) is 4.39 Å². The van der Waals surface area contributed by atoms with Crippen LogP contribution in [0.3, 0.4) is 0 Å².